The molecule has 1 N–H and O–H groups in total. The van der Waals surface area contributed by atoms with Crippen LogP contribution < -0.4 is 10.1 Å². The van der Waals surface area contributed by atoms with Gasteiger partial charge in [0.1, 0.15) is 11.5 Å². The van der Waals surface area contributed by atoms with Crippen LogP contribution >= 0.6 is 27.5 Å². The summed E-state index contributed by atoms with van der Waals surface area (Å²) in [6.45, 7) is 0. The molecule has 0 aromatic heterocycles. The van der Waals surface area contributed by atoms with Gasteiger partial charge >= 0.3 is 0 Å². The number of benzene rings is 3. The maximum absolute atomic E-state index is 12.1. The van der Waals surface area contributed by atoms with Crippen molar-refractivity contribution in [1.29, 1.82) is 0 Å². The molecule has 0 heterocycles. The quantitative estimate of drug-likeness (QED) is 0.547. The SMILES string of the molecule is O=C(Cc1ccc(Cl)cc1)Nc1ccc(Oc2ccc(Br)cc2)cc1. The first-order valence-electron chi connectivity index (χ1n) is 7.66. The first-order chi connectivity index (χ1) is 12.1. The maximum atomic E-state index is 12.1. The van der Waals surface area contributed by atoms with E-state index < -0.39 is 0 Å². The van der Waals surface area contributed by atoms with Gasteiger partial charge in [0.15, 0.2) is 0 Å². The van der Waals surface area contributed by atoms with Crippen LogP contribution in [-0.2, 0) is 11.2 Å². The van der Waals surface area contributed by atoms with E-state index in [0.29, 0.717) is 17.2 Å². The number of hydrogen-bond acceptors (Lipinski definition) is 2. The monoisotopic (exact) mass is 415 g/mol. The Morgan fingerprint density at radius 1 is 0.880 bits per heavy atom. The molecule has 0 radical (unpaired) electrons. The van der Waals surface area contributed by atoms with Crippen molar-refractivity contribution in [2.75, 3.05) is 5.32 Å². The highest BCUT2D eigenvalue weighted by Gasteiger charge is 2.05. The second-order valence-corrected chi connectivity index (χ2v) is 6.78. The Morgan fingerprint density at radius 3 is 2.04 bits per heavy atom. The van der Waals surface area contributed by atoms with Crippen LogP contribution in [0.2, 0.25) is 5.02 Å². The minimum atomic E-state index is -0.0797. The topological polar surface area (TPSA) is 38.3 Å². The van der Waals surface area contributed by atoms with Crippen molar-refractivity contribution in [3.05, 3.63) is 87.9 Å². The summed E-state index contributed by atoms with van der Waals surface area (Å²) in [6, 6.07) is 22.1. The van der Waals surface area contributed by atoms with E-state index in [1.807, 2.05) is 60.7 Å². The summed E-state index contributed by atoms with van der Waals surface area (Å²) >= 11 is 9.23. The molecule has 0 fully saturated rings. The Morgan fingerprint density at radius 2 is 1.44 bits per heavy atom. The van der Waals surface area contributed by atoms with Gasteiger partial charge in [-0.05, 0) is 66.2 Å². The second-order valence-electron chi connectivity index (χ2n) is 5.43. The molecule has 0 saturated heterocycles. The molecule has 0 spiro atoms. The summed E-state index contributed by atoms with van der Waals surface area (Å²) in [6.07, 6.45) is 0.300. The highest BCUT2D eigenvalue weighted by molar-refractivity contribution is 9.10. The number of amides is 1. The molecule has 126 valence electrons. The second kappa shape index (κ2) is 8.19. The number of rotatable bonds is 5. The van der Waals surface area contributed by atoms with E-state index in [4.69, 9.17) is 16.3 Å². The molecule has 0 bridgehead atoms. The summed E-state index contributed by atoms with van der Waals surface area (Å²) < 4.78 is 6.75. The van der Waals surface area contributed by atoms with Gasteiger partial charge in [0.2, 0.25) is 5.91 Å². The molecular weight excluding hydrogens is 402 g/mol. The van der Waals surface area contributed by atoms with E-state index in [1.165, 1.54) is 0 Å². The molecule has 0 saturated carbocycles. The number of ether oxygens (including phenoxy) is 1. The predicted octanol–water partition coefficient (Wildman–Crippen LogP) is 6.08. The lowest BCUT2D eigenvalue weighted by atomic mass is 10.1. The first kappa shape index (κ1) is 17.5. The van der Waals surface area contributed by atoms with Crippen molar-refractivity contribution in [3.8, 4) is 11.5 Å². The molecule has 0 aliphatic heterocycles. The highest BCUT2D eigenvalue weighted by atomic mass is 79.9. The Hall–Kier alpha value is -2.30. The van der Waals surface area contributed by atoms with Gasteiger partial charge in [0.25, 0.3) is 0 Å². The first-order valence-corrected chi connectivity index (χ1v) is 8.83. The van der Waals surface area contributed by atoms with Crippen LogP contribution in [0.5, 0.6) is 11.5 Å². The van der Waals surface area contributed by atoms with Gasteiger partial charge in [-0.25, -0.2) is 0 Å². The summed E-state index contributed by atoms with van der Waals surface area (Å²) in [5, 5.41) is 3.53. The highest BCUT2D eigenvalue weighted by Crippen LogP contribution is 2.24. The van der Waals surface area contributed by atoms with Crippen molar-refractivity contribution in [3.63, 3.8) is 0 Å². The smallest absolute Gasteiger partial charge is 0.228 e. The van der Waals surface area contributed by atoms with E-state index >= 15 is 0 Å². The van der Waals surface area contributed by atoms with Gasteiger partial charge in [-0.15, -0.1) is 0 Å². The van der Waals surface area contributed by atoms with Crippen LogP contribution in [0.3, 0.4) is 0 Å². The number of hydrogen-bond donors (Lipinski definition) is 1. The van der Waals surface area contributed by atoms with Gasteiger partial charge in [0.05, 0.1) is 6.42 Å². The normalized spacial score (nSPS) is 10.3. The average Bonchev–Trinajstić information content (AvgIpc) is 2.61. The zero-order valence-corrected chi connectivity index (χ0v) is 15.5. The molecule has 3 aromatic rings. The lowest BCUT2D eigenvalue weighted by Crippen LogP contribution is -2.14. The lowest BCUT2D eigenvalue weighted by molar-refractivity contribution is -0.115. The third-order valence-corrected chi connectivity index (χ3v) is 4.25. The Bertz CT molecular complexity index is 846. The van der Waals surface area contributed by atoms with E-state index in [0.717, 1.165) is 21.5 Å². The zero-order chi connectivity index (χ0) is 17.6. The molecule has 25 heavy (non-hydrogen) atoms. The molecule has 0 aliphatic rings. The molecule has 0 unspecified atom stereocenters. The van der Waals surface area contributed by atoms with Crippen LogP contribution in [-0.4, -0.2) is 5.91 Å². The predicted molar refractivity (Wildman–Crippen MR) is 104 cm³/mol. The van der Waals surface area contributed by atoms with Crippen molar-refractivity contribution in [1.82, 2.24) is 0 Å². The molecule has 0 atom stereocenters. The Kier molecular flexibility index (Phi) is 5.74. The summed E-state index contributed by atoms with van der Waals surface area (Å²) in [5.74, 6) is 1.38. The maximum Gasteiger partial charge on any atom is 0.228 e. The van der Waals surface area contributed by atoms with E-state index in [1.54, 1.807) is 12.1 Å². The van der Waals surface area contributed by atoms with Gasteiger partial charge in [0, 0.05) is 15.2 Å². The largest absolute Gasteiger partial charge is 0.457 e. The molecular formula is C20H15BrClNO2. The summed E-state index contributed by atoms with van der Waals surface area (Å²) in [5.41, 5.74) is 1.64. The molecule has 0 aliphatic carbocycles. The van der Waals surface area contributed by atoms with Crippen LogP contribution in [0.25, 0.3) is 0 Å². The molecule has 3 rings (SSSR count). The third kappa shape index (κ3) is 5.34. The third-order valence-electron chi connectivity index (χ3n) is 3.47. The molecule has 3 aromatic carbocycles. The van der Waals surface area contributed by atoms with Crippen LogP contribution in [0.15, 0.2) is 77.3 Å². The number of carbonyl (C=O) groups is 1. The van der Waals surface area contributed by atoms with Gasteiger partial charge in [-0.1, -0.05) is 39.7 Å². The minimum absolute atomic E-state index is 0.0797. The van der Waals surface area contributed by atoms with Gasteiger partial charge < -0.3 is 10.1 Å². The van der Waals surface area contributed by atoms with Gasteiger partial charge in [-0.3, -0.25) is 4.79 Å². The lowest BCUT2D eigenvalue weighted by Gasteiger charge is -2.08. The summed E-state index contributed by atoms with van der Waals surface area (Å²) in [7, 11) is 0. The van der Waals surface area contributed by atoms with Gasteiger partial charge in [-0.2, -0.15) is 0 Å². The minimum Gasteiger partial charge on any atom is -0.457 e. The molecule has 3 nitrogen and oxygen atoms in total. The van der Waals surface area contributed by atoms with Crippen molar-refractivity contribution < 1.29 is 9.53 Å². The Labute approximate surface area is 159 Å². The number of nitrogens with one attached hydrogen (secondary N) is 1. The number of halogens is 2. The number of anilines is 1. The Balaban J connectivity index is 1.57. The van der Waals surface area contributed by atoms with E-state index in [-0.39, 0.29) is 5.91 Å². The van der Waals surface area contributed by atoms with E-state index in [9.17, 15) is 4.79 Å². The zero-order valence-electron chi connectivity index (χ0n) is 13.2. The molecule has 5 heteroatoms. The fraction of sp³-hybridized carbons (Fsp3) is 0.0500. The van der Waals surface area contributed by atoms with Crippen LogP contribution in [0, 0.1) is 0 Å². The summed E-state index contributed by atoms with van der Waals surface area (Å²) in [4.78, 5) is 12.1. The van der Waals surface area contributed by atoms with Crippen molar-refractivity contribution in [2.24, 2.45) is 0 Å². The van der Waals surface area contributed by atoms with Crippen LogP contribution in [0.1, 0.15) is 5.56 Å². The fourth-order valence-electron chi connectivity index (χ4n) is 2.24. The fourth-order valence-corrected chi connectivity index (χ4v) is 2.63. The standard InChI is InChI=1S/C20H15BrClNO2/c21-15-3-9-18(10-4-15)25-19-11-7-17(8-12-19)23-20(24)13-14-1-5-16(22)6-2-14/h1-12H,13H2,(H,23,24). The van der Waals surface area contributed by atoms with Crippen molar-refractivity contribution in [2.45, 2.75) is 6.42 Å². The molecule has 1 amide bonds. The average molecular weight is 417 g/mol. The van der Waals surface area contributed by atoms with E-state index in [2.05, 4.69) is 21.2 Å². The number of carbonyl (C=O) groups excluding carboxylic acids is 1. The van der Waals surface area contributed by atoms with Crippen LogP contribution in [0.4, 0.5) is 5.69 Å². The van der Waals surface area contributed by atoms with Crippen molar-refractivity contribution >= 4 is 39.1 Å².